The van der Waals surface area contributed by atoms with Crippen LogP contribution >= 0.6 is 0 Å². The molecular formula is C25H20F3N3O5. The third-order valence-corrected chi connectivity index (χ3v) is 6.33. The normalized spacial score (nSPS) is 18.6. The minimum absolute atomic E-state index is 0.115. The molecule has 2 heterocycles. The summed E-state index contributed by atoms with van der Waals surface area (Å²) in [6, 6.07) is 10.1. The Morgan fingerprint density at radius 2 is 1.89 bits per heavy atom. The molecule has 1 unspecified atom stereocenters. The Bertz CT molecular complexity index is 1340. The van der Waals surface area contributed by atoms with Crippen LogP contribution in [0.5, 0.6) is 11.5 Å². The van der Waals surface area contributed by atoms with Crippen LogP contribution in [0.25, 0.3) is 11.3 Å². The third kappa shape index (κ3) is 4.68. The highest BCUT2D eigenvalue weighted by molar-refractivity contribution is 6.04. The summed E-state index contributed by atoms with van der Waals surface area (Å²) in [6.45, 7) is 0.169. The molecule has 0 spiro atoms. The highest BCUT2D eigenvalue weighted by Crippen LogP contribution is 2.46. The molecule has 36 heavy (non-hydrogen) atoms. The highest BCUT2D eigenvalue weighted by Gasteiger charge is 2.50. The number of hydrogen-bond acceptors (Lipinski definition) is 7. The molecule has 8 nitrogen and oxygen atoms in total. The van der Waals surface area contributed by atoms with Crippen molar-refractivity contribution in [2.75, 3.05) is 12.1 Å². The Kier molecular flexibility index (Phi) is 5.77. The van der Waals surface area contributed by atoms with E-state index in [9.17, 15) is 27.9 Å². The van der Waals surface area contributed by atoms with Gasteiger partial charge in [-0.15, -0.1) is 0 Å². The van der Waals surface area contributed by atoms with Gasteiger partial charge in [0.15, 0.2) is 17.3 Å². The molecule has 1 aliphatic heterocycles. The molecule has 3 aromatic rings. The number of carboxylic acid groups (broad SMARTS) is 1. The number of aliphatic carboxylic acids is 1. The highest BCUT2D eigenvalue weighted by atomic mass is 19.4. The van der Waals surface area contributed by atoms with Crippen LogP contribution in [0.15, 0.2) is 48.8 Å². The van der Waals surface area contributed by atoms with Crippen molar-refractivity contribution >= 4 is 23.3 Å². The summed E-state index contributed by atoms with van der Waals surface area (Å²) in [5, 5.41) is 12.3. The van der Waals surface area contributed by atoms with E-state index in [0.29, 0.717) is 34.1 Å². The van der Waals surface area contributed by atoms with Gasteiger partial charge in [0, 0.05) is 22.9 Å². The molecule has 0 amide bonds. The monoisotopic (exact) mass is 499 g/mol. The van der Waals surface area contributed by atoms with Gasteiger partial charge in [0.05, 0.1) is 36.3 Å². The van der Waals surface area contributed by atoms with Crippen LogP contribution in [-0.4, -0.2) is 39.8 Å². The molecule has 0 saturated carbocycles. The number of rotatable bonds is 6. The molecule has 0 radical (unpaired) electrons. The second kappa shape index (κ2) is 8.81. The van der Waals surface area contributed by atoms with Gasteiger partial charge in [0.2, 0.25) is 6.79 Å². The average molecular weight is 499 g/mol. The Labute approximate surface area is 203 Å². The maximum absolute atomic E-state index is 13.2. The molecule has 1 aliphatic carbocycles. The molecule has 1 atom stereocenters. The number of anilines is 2. The lowest BCUT2D eigenvalue weighted by molar-refractivity contribution is -0.160. The summed E-state index contributed by atoms with van der Waals surface area (Å²) in [5.41, 5.74) is 0.566. The number of Topliss-reactive ketones (excluding diaryl/α,β-unsaturated/α-hetero) is 1. The van der Waals surface area contributed by atoms with E-state index in [2.05, 4.69) is 15.3 Å². The summed E-state index contributed by atoms with van der Waals surface area (Å²) < 4.78 is 50.3. The van der Waals surface area contributed by atoms with E-state index < -0.39 is 36.2 Å². The van der Waals surface area contributed by atoms with E-state index in [1.165, 1.54) is 12.3 Å². The lowest BCUT2D eigenvalue weighted by atomic mass is 9.66. The number of ether oxygens (including phenoxy) is 2. The fraction of sp³-hybridized carbons (Fsp3) is 0.280. The first-order valence-electron chi connectivity index (χ1n) is 11.1. The SMILES string of the molecule is O=C(O)CC1(CC(F)(F)F)CCc2cc(-c3cnc(Nc4ccc5c(c4)OCO5)cn3)ccc2C1=O. The molecule has 2 aliphatic rings. The van der Waals surface area contributed by atoms with Crippen LogP contribution in [0.3, 0.4) is 0 Å². The van der Waals surface area contributed by atoms with E-state index in [-0.39, 0.29) is 25.2 Å². The van der Waals surface area contributed by atoms with Crippen molar-refractivity contribution in [1.29, 1.82) is 0 Å². The van der Waals surface area contributed by atoms with Gasteiger partial charge >= 0.3 is 12.1 Å². The topological polar surface area (TPSA) is 111 Å². The summed E-state index contributed by atoms with van der Waals surface area (Å²) in [4.78, 5) is 33.1. The van der Waals surface area contributed by atoms with E-state index >= 15 is 0 Å². The van der Waals surface area contributed by atoms with Gasteiger partial charge in [-0.25, -0.2) is 4.98 Å². The summed E-state index contributed by atoms with van der Waals surface area (Å²) in [5.74, 6) is -0.458. The van der Waals surface area contributed by atoms with Gasteiger partial charge in [-0.05, 0) is 36.6 Å². The summed E-state index contributed by atoms with van der Waals surface area (Å²) >= 11 is 0. The van der Waals surface area contributed by atoms with Crippen LogP contribution in [0.4, 0.5) is 24.7 Å². The number of carbonyl (C=O) groups excluding carboxylic acids is 1. The minimum atomic E-state index is -4.66. The van der Waals surface area contributed by atoms with Crippen LogP contribution < -0.4 is 14.8 Å². The Hall–Kier alpha value is -4.15. The number of hydrogen-bond donors (Lipinski definition) is 2. The quantitative estimate of drug-likeness (QED) is 0.479. The van der Waals surface area contributed by atoms with Crippen molar-refractivity contribution in [1.82, 2.24) is 9.97 Å². The van der Waals surface area contributed by atoms with Crippen LogP contribution in [-0.2, 0) is 11.2 Å². The van der Waals surface area contributed by atoms with Crippen molar-refractivity contribution < 1.29 is 37.3 Å². The molecule has 2 N–H and O–H groups in total. The fourth-order valence-corrected chi connectivity index (χ4v) is 4.69. The van der Waals surface area contributed by atoms with Crippen molar-refractivity contribution in [2.45, 2.75) is 31.9 Å². The van der Waals surface area contributed by atoms with Crippen molar-refractivity contribution in [3.63, 3.8) is 0 Å². The van der Waals surface area contributed by atoms with Crippen LogP contribution in [0.1, 0.15) is 35.2 Å². The summed E-state index contributed by atoms with van der Waals surface area (Å²) in [7, 11) is 0. The number of halogens is 3. The van der Waals surface area contributed by atoms with Crippen molar-refractivity contribution in [2.24, 2.45) is 5.41 Å². The maximum Gasteiger partial charge on any atom is 0.390 e. The maximum atomic E-state index is 13.2. The molecule has 2 aromatic carbocycles. The number of aromatic nitrogens is 2. The lowest BCUT2D eigenvalue weighted by Crippen LogP contribution is -2.41. The number of nitrogens with one attached hydrogen (secondary N) is 1. The number of carboxylic acids is 1. The van der Waals surface area contributed by atoms with Gasteiger partial charge in [-0.3, -0.25) is 14.6 Å². The molecule has 186 valence electrons. The third-order valence-electron chi connectivity index (χ3n) is 6.33. The van der Waals surface area contributed by atoms with Gasteiger partial charge in [-0.1, -0.05) is 12.1 Å². The van der Waals surface area contributed by atoms with Gasteiger partial charge < -0.3 is 19.9 Å². The van der Waals surface area contributed by atoms with Crippen LogP contribution in [0, 0.1) is 5.41 Å². The first-order chi connectivity index (χ1) is 17.1. The number of nitrogens with zero attached hydrogens (tertiary/aromatic N) is 2. The second-order valence-electron chi connectivity index (χ2n) is 8.82. The Morgan fingerprint density at radius 1 is 1.08 bits per heavy atom. The first-order valence-corrected chi connectivity index (χ1v) is 11.1. The minimum Gasteiger partial charge on any atom is -0.481 e. The number of fused-ring (bicyclic) bond motifs is 2. The van der Waals surface area contributed by atoms with Crippen molar-refractivity contribution in [3.05, 3.63) is 59.9 Å². The number of alkyl halides is 3. The molecular weight excluding hydrogens is 479 g/mol. The predicted molar refractivity (Wildman–Crippen MR) is 121 cm³/mol. The molecule has 5 rings (SSSR count). The lowest BCUT2D eigenvalue weighted by Gasteiger charge is -2.36. The number of aryl methyl sites for hydroxylation is 1. The first kappa shape index (κ1) is 23.6. The molecule has 0 fully saturated rings. The number of ketones is 1. The Morgan fingerprint density at radius 3 is 2.61 bits per heavy atom. The van der Waals surface area contributed by atoms with Crippen LogP contribution in [0.2, 0.25) is 0 Å². The van der Waals surface area contributed by atoms with Gasteiger partial charge in [0.25, 0.3) is 0 Å². The van der Waals surface area contributed by atoms with Gasteiger partial charge in [0.1, 0.15) is 5.82 Å². The number of benzene rings is 2. The van der Waals surface area contributed by atoms with E-state index in [1.807, 2.05) is 6.07 Å². The van der Waals surface area contributed by atoms with Crippen molar-refractivity contribution in [3.8, 4) is 22.8 Å². The predicted octanol–water partition coefficient (Wildman–Crippen LogP) is 5.16. The number of carbonyl (C=O) groups is 2. The standard InChI is InChI=1S/C25H20F3N3O5/c26-25(27,28)12-24(9-22(32)33)6-5-14-7-15(1-3-17(14)23(24)34)18-10-30-21(11-29-18)31-16-2-4-19-20(8-16)36-13-35-19/h1-4,7-8,10-11H,5-6,9,12-13H2,(H,30,31)(H,32,33). The van der Waals surface area contributed by atoms with E-state index in [4.69, 9.17) is 9.47 Å². The average Bonchev–Trinajstić information content (AvgIpc) is 3.28. The van der Waals surface area contributed by atoms with E-state index in [1.54, 1.807) is 30.5 Å². The zero-order chi connectivity index (χ0) is 25.5. The Balaban J connectivity index is 1.35. The molecule has 11 heteroatoms. The van der Waals surface area contributed by atoms with Gasteiger partial charge in [-0.2, -0.15) is 13.2 Å². The zero-order valence-electron chi connectivity index (χ0n) is 18.8. The molecule has 0 saturated heterocycles. The fourth-order valence-electron chi connectivity index (χ4n) is 4.69. The van der Waals surface area contributed by atoms with E-state index in [0.717, 1.165) is 5.69 Å². The zero-order valence-corrected chi connectivity index (χ0v) is 18.8. The molecule has 0 bridgehead atoms. The summed E-state index contributed by atoms with van der Waals surface area (Å²) in [6.07, 6.45) is -3.96. The largest absolute Gasteiger partial charge is 0.481 e. The smallest absolute Gasteiger partial charge is 0.390 e. The second-order valence-corrected chi connectivity index (χ2v) is 8.82. The molecule has 1 aromatic heterocycles.